The van der Waals surface area contributed by atoms with Crippen molar-refractivity contribution in [1.29, 1.82) is 0 Å². The number of unbranched alkanes of at least 4 members (excludes halogenated alkanes) is 46. The summed E-state index contributed by atoms with van der Waals surface area (Å²) >= 11 is 0. The minimum absolute atomic E-state index is 0.0332. The van der Waals surface area contributed by atoms with Crippen LogP contribution in [0.1, 0.15) is 373 Å². The molecule has 0 aliphatic heterocycles. The highest BCUT2D eigenvalue weighted by Gasteiger charge is 2.27. The second-order valence-electron chi connectivity index (χ2n) is 27.4. The van der Waals surface area contributed by atoms with Crippen LogP contribution in [0.5, 0.6) is 0 Å². The molecule has 0 saturated heterocycles. The van der Waals surface area contributed by atoms with Crippen molar-refractivity contribution in [2.45, 2.75) is 380 Å². The first-order chi connectivity index (χ1) is 44.0. The SMILES string of the molecule is CC/C=C\C/C=C\C/C=C\C/C=C\C/C=C\CCCCCCCCCCCCCCCCCCCCCCCC(=O)OC(COC(=O)CCCCCCCCCCCCCCCCCCC/C=C\CCCCCCCCCC)COP(=O)(O)OCC[N+](C)(C)C. The van der Waals surface area contributed by atoms with E-state index in [1.54, 1.807) is 0 Å². The van der Waals surface area contributed by atoms with Gasteiger partial charge in [-0.15, -0.1) is 0 Å². The number of hydrogen-bond acceptors (Lipinski definition) is 7. The van der Waals surface area contributed by atoms with E-state index in [9.17, 15) is 19.0 Å². The Morgan fingerprint density at radius 3 is 0.956 bits per heavy atom. The standard InChI is InChI=1S/C80H148NO8P/c1-6-8-10-12-14-16-18-20-22-24-26-28-30-32-34-36-37-38-39-40-41-42-43-45-47-49-51-53-55-57-59-61-63-65-67-69-71-73-80(83)89-78(77-88-90(84,85)87-75-74-81(3,4)5)76-86-79(82)72-70-68-66-64-62-60-58-56-54-52-50-48-46-44-35-33-31-29-27-25-23-21-19-17-15-13-11-9-7-2/h8,10,14,16,20,22,25-28,32,34,78H,6-7,9,11-13,15,17-19,21,23-24,29-31,33,35-77H2,1-5H3/p+1/b10-8-,16-14-,22-20-,27-25-,28-26-,34-32-. The third-order valence-electron chi connectivity index (χ3n) is 17.2. The Labute approximate surface area is 559 Å². The summed E-state index contributed by atoms with van der Waals surface area (Å²) in [6, 6.07) is 0. The Hall–Kier alpha value is -2.55. The zero-order chi connectivity index (χ0) is 65.5. The van der Waals surface area contributed by atoms with Crippen LogP contribution in [0.15, 0.2) is 72.9 Å². The number of ether oxygens (including phenoxy) is 2. The van der Waals surface area contributed by atoms with Gasteiger partial charge in [-0.2, -0.15) is 0 Å². The fraction of sp³-hybridized carbons (Fsp3) is 0.825. The number of phosphoric acid groups is 1. The van der Waals surface area contributed by atoms with Crippen molar-refractivity contribution in [2.24, 2.45) is 0 Å². The van der Waals surface area contributed by atoms with Gasteiger partial charge >= 0.3 is 19.8 Å². The van der Waals surface area contributed by atoms with Gasteiger partial charge in [-0.05, 0) is 83.5 Å². The molecule has 10 heteroatoms. The summed E-state index contributed by atoms with van der Waals surface area (Å²) in [7, 11) is 1.49. The third kappa shape index (κ3) is 74.5. The lowest BCUT2D eigenvalue weighted by Crippen LogP contribution is -2.37. The molecular formula is C80H149NO8P+. The lowest BCUT2D eigenvalue weighted by molar-refractivity contribution is -0.870. The molecule has 0 amide bonds. The first kappa shape index (κ1) is 87.5. The largest absolute Gasteiger partial charge is 0.472 e. The van der Waals surface area contributed by atoms with E-state index in [4.69, 9.17) is 18.5 Å². The summed E-state index contributed by atoms with van der Waals surface area (Å²) < 4.78 is 34.8. The maximum Gasteiger partial charge on any atom is 0.472 e. The number of carbonyl (C=O) groups excluding carboxylic acids is 2. The van der Waals surface area contributed by atoms with E-state index >= 15 is 0 Å². The lowest BCUT2D eigenvalue weighted by Gasteiger charge is -2.24. The molecule has 9 nitrogen and oxygen atoms in total. The molecule has 0 heterocycles. The molecule has 0 spiro atoms. The van der Waals surface area contributed by atoms with Gasteiger partial charge in [0.25, 0.3) is 0 Å². The molecule has 0 aromatic rings. The highest BCUT2D eigenvalue weighted by molar-refractivity contribution is 7.47. The first-order valence-corrected chi connectivity index (χ1v) is 40.2. The Kier molecular flexibility index (Phi) is 68.8. The minimum atomic E-state index is -4.39. The number of rotatable bonds is 72. The smallest absolute Gasteiger partial charge is 0.462 e. The van der Waals surface area contributed by atoms with Crippen molar-refractivity contribution in [3.63, 3.8) is 0 Å². The Morgan fingerprint density at radius 2 is 0.633 bits per heavy atom. The van der Waals surface area contributed by atoms with Crippen LogP contribution in [0.25, 0.3) is 0 Å². The maximum absolute atomic E-state index is 12.9. The van der Waals surface area contributed by atoms with Crippen LogP contribution in [-0.4, -0.2) is 74.9 Å². The maximum atomic E-state index is 12.9. The Bertz CT molecular complexity index is 1750. The topological polar surface area (TPSA) is 108 Å². The third-order valence-corrected chi connectivity index (χ3v) is 18.2. The summed E-state index contributed by atoms with van der Waals surface area (Å²) in [5.74, 6) is -0.777. The number of hydrogen-bond donors (Lipinski definition) is 1. The van der Waals surface area contributed by atoms with E-state index in [1.807, 2.05) is 21.1 Å². The number of likely N-dealkylation sites (N-methyl/N-ethyl adjacent to an activating group) is 1. The summed E-state index contributed by atoms with van der Waals surface area (Å²) in [5.41, 5.74) is 0. The molecule has 1 N–H and O–H groups in total. The first-order valence-electron chi connectivity index (χ1n) is 38.7. The van der Waals surface area contributed by atoms with Gasteiger partial charge in [0.1, 0.15) is 19.8 Å². The molecule has 2 atom stereocenters. The van der Waals surface area contributed by atoms with E-state index in [0.29, 0.717) is 23.9 Å². The molecule has 0 aromatic heterocycles. The number of phosphoric ester groups is 1. The zero-order valence-electron chi connectivity index (χ0n) is 60.1. The van der Waals surface area contributed by atoms with Crippen molar-refractivity contribution in [3.8, 4) is 0 Å². The molecule has 0 aromatic carbocycles. The van der Waals surface area contributed by atoms with Crippen molar-refractivity contribution >= 4 is 19.8 Å². The van der Waals surface area contributed by atoms with E-state index in [-0.39, 0.29) is 25.6 Å². The number of allylic oxidation sites excluding steroid dienone is 12. The molecular weight excluding hydrogens is 1130 g/mol. The second-order valence-corrected chi connectivity index (χ2v) is 28.8. The fourth-order valence-electron chi connectivity index (χ4n) is 11.3. The van der Waals surface area contributed by atoms with Crippen molar-refractivity contribution in [1.82, 2.24) is 0 Å². The predicted octanol–water partition coefficient (Wildman–Crippen LogP) is 25.5. The van der Waals surface area contributed by atoms with Gasteiger partial charge in [-0.25, -0.2) is 4.57 Å². The fourth-order valence-corrected chi connectivity index (χ4v) is 12.1. The zero-order valence-corrected chi connectivity index (χ0v) is 61.0. The van der Waals surface area contributed by atoms with Gasteiger partial charge in [-0.1, -0.05) is 350 Å². The summed E-state index contributed by atoms with van der Waals surface area (Å²) in [5, 5.41) is 0. The van der Waals surface area contributed by atoms with Crippen molar-refractivity contribution in [3.05, 3.63) is 72.9 Å². The van der Waals surface area contributed by atoms with Crippen molar-refractivity contribution in [2.75, 3.05) is 47.5 Å². The molecule has 0 saturated carbocycles. The summed E-state index contributed by atoms with van der Waals surface area (Å²) in [6.07, 6.45) is 96.1. The molecule has 0 fully saturated rings. The quantitative estimate of drug-likeness (QED) is 0.0211. The van der Waals surface area contributed by atoms with Crippen LogP contribution < -0.4 is 0 Å². The van der Waals surface area contributed by atoms with E-state index in [0.717, 1.165) is 64.2 Å². The molecule has 0 aliphatic carbocycles. The van der Waals surface area contributed by atoms with Gasteiger partial charge in [0.2, 0.25) is 0 Å². The van der Waals surface area contributed by atoms with Crippen LogP contribution in [-0.2, 0) is 32.7 Å². The van der Waals surface area contributed by atoms with E-state index < -0.39 is 26.5 Å². The molecule has 526 valence electrons. The van der Waals surface area contributed by atoms with E-state index in [2.05, 4.69) is 86.8 Å². The molecule has 90 heavy (non-hydrogen) atoms. The number of nitrogens with zero attached hydrogens (tertiary/aromatic N) is 1. The number of esters is 2. The van der Waals surface area contributed by atoms with Gasteiger partial charge in [0.15, 0.2) is 6.10 Å². The van der Waals surface area contributed by atoms with Crippen LogP contribution >= 0.6 is 7.82 Å². The summed E-state index contributed by atoms with van der Waals surface area (Å²) in [6.45, 7) is 4.38. The average Bonchev–Trinajstić information content (AvgIpc) is 3.58. The summed E-state index contributed by atoms with van der Waals surface area (Å²) in [4.78, 5) is 36.0. The minimum Gasteiger partial charge on any atom is -0.462 e. The van der Waals surface area contributed by atoms with Gasteiger partial charge < -0.3 is 18.9 Å². The van der Waals surface area contributed by atoms with Gasteiger partial charge in [0, 0.05) is 12.8 Å². The number of carbonyl (C=O) groups is 2. The van der Waals surface area contributed by atoms with Gasteiger partial charge in [0.05, 0.1) is 27.7 Å². The Balaban J connectivity index is 3.94. The molecule has 2 unspecified atom stereocenters. The van der Waals surface area contributed by atoms with Gasteiger partial charge in [-0.3, -0.25) is 18.6 Å². The highest BCUT2D eigenvalue weighted by atomic mass is 31.2. The molecule has 0 radical (unpaired) electrons. The van der Waals surface area contributed by atoms with Crippen LogP contribution in [0.3, 0.4) is 0 Å². The normalized spacial score (nSPS) is 13.4. The lowest BCUT2D eigenvalue weighted by atomic mass is 10.0. The second kappa shape index (κ2) is 70.8. The molecule has 0 aliphatic rings. The average molecular weight is 1280 g/mol. The van der Waals surface area contributed by atoms with Crippen molar-refractivity contribution < 1.29 is 42.1 Å². The number of quaternary nitrogens is 1. The Morgan fingerprint density at radius 1 is 0.356 bits per heavy atom. The van der Waals surface area contributed by atoms with Crippen LogP contribution in [0.2, 0.25) is 0 Å². The van der Waals surface area contributed by atoms with Crippen LogP contribution in [0, 0.1) is 0 Å². The highest BCUT2D eigenvalue weighted by Crippen LogP contribution is 2.43. The van der Waals surface area contributed by atoms with Crippen LogP contribution in [0.4, 0.5) is 0 Å². The predicted molar refractivity (Wildman–Crippen MR) is 390 cm³/mol. The molecule has 0 rings (SSSR count). The van der Waals surface area contributed by atoms with E-state index in [1.165, 1.54) is 276 Å². The monoisotopic (exact) mass is 1280 g/mol. The molecule has 0 bridgehead atoms.